The number of allylic oxidation sites excluding steroid dienone is 3. The zero-order chi connectivity index (χ0) is 26.3. The van der Waals surface area contributed by atoms with Gasteiger partial charge in [-0.25, -0.2) is 0 Å². The molecule has 0 N–H and O–H groups in total. The summed E-state index contributed by atoms with van der Waals surface area (Å²) in [6, 6.07) is 28.5. The maximum atomic E-state index is 6.46. The van der Waals surface area contributed by atoms with Crippen molar-refractivity contribution in [2.75, 3.05) is 9.34 Å². The van der Waals surface area contributed by atoms with Crippen molar-refractivity contribution in [3.05, 3.63) is 103 Å². The highest BCUT2D eigenvalue weighted by Gasteiger charge is 2.52. The zero-order valence-electron chi connectivity index (χ0n) is 22.8. The fraction of sp³-hybridized carbons (Fsp3) is 0.312. The molecule has 4 nitrogen and oxygen atoms in total. The van der Waals surface area contributed by atoms with Crippen LogP contribution in [0.4, 0.5) is 17.1 Å². The minimum Gasteiger partial charge on any atom is -0.399 e. The Morgan fingerprint density at radius 2 is 1.39 bits per heavy atom. The molecule has 3 aromatic carbocycles. The van der Waals surface area contributed by atoms with Gasteiger partial charge in [0.2, 0.25) is 0 Å². The van der Waals surface area contributed by atoms with E-state index in [2.05, 4.69) is 134 Å². The number of anilines is 3. The van der Waals surface area contributed by atoms with Gasteiger partial charge in [0, 0.05) is 16.7 Å². The van der Waals surface area contributed by atoms with Crippen LogP contribution < -0.4 is 20.1 Å². The molecule has 1 unspecified atom stereocenters. The van der Waals surface area contributed by atoms with Crippen LogP contribution in [0.15, 0.2) is 103 Å². The normalized spacial score (nSPS) is 22.2. The Bertz CT molecular complexity index is 1340. The van der Waals surface area contributed by atoms with Gasteiger partial charge in [0.05, 0.1) is 22.6 Å². The summed E-state index contributed by atoms with van der Waals surface area (Å²) in [5.41, 5.74) is 5.17. The summed E-state index contributed by atoms with van der Waals surface area (Å²) in [5.74, 6) is 0. The molecule has 3 aromatic rings. The van der Waals surface area contributed by atoms with Crippen LogP contribution in [0.3, 0.4) is 0 Å². The van der Waals surface area contributed by atoms with Crippen molar-refractivity contribution in [1.82, 2.24) is 0 Å². The van der Waals surface area contributed by atoms with Crippen LogP contribution in [-0.2, 0) is 9.31 Å². The molecule has 6 heteroatoms. The molecule has 0 saturated carbocycles. The first-order valence-electron chi connectivity index (χ1n) is 13.7. The van der Waals surface area contributed by atoms with Gasteiger partial charge >= 0.3 is 7.12 Å². The van der Waals surface area contributed by atoms with Gasteiger partial charge in [-0.05, 0) is 89.2 Å². The number of hydrogen-bond acceptors (Lipinski definition) is 4. The first-order chi connectivity index (χ1) is 18.4. The maximum Gasteiger partial charge on any atom is 0.494 e. The summed E-state index contributed by atoms with van der Waals surface area (Å²) in [4.78, 5) is 0. The van der Waals surface area contributed by atoms with E-state index in [1.165, 1.54) is 40.9 Å². The van der Waals surface area contributed by atoms with E-state index in [-0.39, 0.29) is 11.2 Å². The smallest absolute Gasteiger partial charge is 0.399 e. The third-order valence-corrected chi connectivity index (χ3v) is 10.5. The highest BCUT2D eigenvalue weighted by Crippen LogP contribution is 2.63. The second-order valence-electron chi connectivity index (χ2n) is 11.2. The number of fused-ring (bicyclic) bond motifs is 1. The van der Waals surface area contributed by atoms with Gasteiger partial charge in [-0.1, -0.05) is 66.7 Å². The van der Waals surface area contributed by atoms with Gasteiger partial charge in [0.1, 0.15) is 8.22 Å². The average molecular weight is 522 g/mol. The minimum absolute atomic E-state index is 0.382. The Balaban J connectivity index is 1.53. The van der Waals surface area contributed by atoms with E-state index >= 15 is 0 Å². The number of nitrogens with zero attached hydrogens (tertiary/aromatic N) is 2. The molecule has 3 aliphatic rings. The maximum absolute atomic E-state index is 6.46. The van der Waals surface area contributed by atoms with Gasteiger partial charge in [-0.15, -0.1) is 0 Å². The van der Waals surface area contributed by atoms with E-state index in [4.69, 9.17) is 9.31 Å². The molecule has 0 aromatic heterocycles. The molecule has 6 rings (SSSR count). The van der Waals surface area contributed by atoms with Crippen molar-refractivity contribution in [1.29, 1.82) is 0 Å². The molecular formula is C32H36BN2O2P. The first kappa shape index (κ1) is 25.4. The lowest BCUT2D eigenvalue weighted by Crippen LogP contribution is -2.41. The molecule has 0 spiro atoms. The number of benzene rings is 3. The molecule has 0 amide bonds. The monoisotopic (exact) mass is 522 g/mol. The standard InChI is InChI=1S/C32H36BN2O2P/c1-31(2)32(3,4)37-33(36-31)25-22-23-29-30(24-25)35(27-18-12-8-13-19-27)38(28-20-14-9-15-21-28)34(29)26-16-10-6-5-7-11-17-26/h8-10,12-24H,5-7,11H2,1-4H3. The van der Waals surface area contributed by atoms with E-state index in [1.807, 2.05) is 0 Å². The molecule has 194 valence electrons. The molecule has 2 heterocycles. The molecule has 1 fully saturated rings. The Morgan fingerprint density at radius 3 is 2.11 bits per heavy atom. The van der Waals surface area contributed by atoms with E-state index in [0.717, 1.165) is 18.3 Å². The van der Waals surface area contributed by atoms with Crippen LogP contribution in [0.5, 0.6) is 0 Å². The topological polar surface area (TPSA) is 24.9 Å². The zero-order valence-corrected chi connectivity index (χ0v) is 23.7. The molecule has 1 saturated heterocycles. The van der Waals surface area contributed by atoms with Crippen molar-refractivity contribution in [3.63, 3.8) is 0 Å². The predicted octanol–water partition coefficient (Wildman–Crippen LogP) is 7.60. The van der Waals surface area contributed by atoms with E-state index in [0.29, 0.717) is 0 Å². The van der Waals surface area contributed by atoms with E-state index < -0.39 is 15.3 Å². The van der Waals surface area contributed by atoms with Crippen molar-refractivity contribution in [2.24, 2.45) is 0 Å². The van der Waals surface area contributed by atoms with Crippen LogP contribution in [0, 0.1) is 0 Å². The summed E-state index contributed by atoms with van der Waals surface area (Å²) in [6.07, 6.45) is 11.8. The lowest BCUT2D eigenvalue weighted by molar-refractivity contribution is 0.00578. The Kier molecular flexibility index (Phi) is 6.72. The van der Waals surface area contributed by atoms with Gasteiger partial charge in [0.15, 0.2) is 0 Å². The second kappa shape index (κ2) is 10.0. The van der Waals surface area contributed by atoms with Crippen LogP contribution in [0.2, 0.25) is 0 Å². The third-order valence-electron chi connectivity index (χ3n) is 8.06. The number of hydrogen-bond donors (Lipinski definition) is 0. The van der Waals surface area contributed by atoms with Crippen molar-refractivity contribution in [3.8, 4) is 0 Å². The van der Waals surface area contributed by atoms with Crippen molar-refractivity contribution < 1.29 is 9.31 Å². The van der Waals surface area contributed by atoms with Gasteiger partial charge in [-0.3, -0.25) is 9.34 Å². The lowest BCUT2D eigenvalue weighted by Gasteiger charge is -2.33. The summed E-state index contributed by atoms with van der Waals surface area (Å²) in [6.45, 7) is 8.45. The van der Waals surface area contributed by atoms with Gasteiger partial charge in [0.25, 0.3) is 0 Å². The fourth-order valence-electron chi connectivity index (χ4n) is 5.25. The Morgan fingerprint density at radius 1 is 0.737 bits per heavy atom. The van der Waals surface area contributed by atoms with Gasteiger partial charge in [-0.2, -0.15) is 0 Å². The number of rotatable bonds is 4. The van der Waals surface area contributed by atoms with Crippen molar-refractivity contribution >= 4 is 43.2 Å². The molecule has 1 aliphatic carbocycles. The third kappa shape index (κ3) is 4.51. The largest absolute Gasteiger partial charge is 0.494 e. The second-order valence-corrected chi connectivity index (χ2v) is 13.1. The Labute approximate surface area is 229 Å². The highest BCUT2D eigenvalue weighted by atomic mass is 31.1. The molecule has 0 bridgehead atoms. The molecule has 2 aliphatic heterocycles. The lowest BCUT2D eigenvalue weighted by atomic mass is 9.78. The van der Waals surface area contributed by atoms with E-state index in [9.17, 15) is 0 Å². The van der Waals surface area contributed by atoms with E-state index in [1.54, 1.807) is 0 Å². The number of para-hydroxylation sites is 1. The molecule has 38 heavy (non-hydrogen) atoms. The predicted molar refractivity (Wildman–Crippen MR) is 162 cm³/mol. The Hall–Kier alpha value is -2.85. The molecule has 1 atom stereocenters. The van der Waals surface area contributed by atoms with Crippen molar-refractivity contribution in [2.45, 2.75) is 64.6 Å². The summed E-state index contributed by atoms with van der Waals surface area (Å²) >= 11 is 0. The minimum atomic E-state index is -0.911. The summed E-state index contributed by atoms with van der Waals surface area (Å²) in [7, 11) is -1.31. The van der Waals surface area contributed by atoms with Crippen LogP contribution >= 0.6 is 8.22 Å². The van der Waals surface area contributed by atoms with Gasteiger partial charge < -0.3 is 9.31 Å². The SMILES string of the molecule is CC1(C)OB(c2ccc3c(c2)N(c2ccccc2)P(c2ccccc2)N3C2=CCCCCC=C2)OC1(C)C. The van der Waals surface area contributed by atoms with Crippen LogP contribution in [0.25, 0.3) is 0 Å². The molecular weight excluding hydrogens is 486 g/mol. The van der Waals surface area contributed by atoms with Crippen LogP contribution in [0.1, 0.15) is 53.4 Å². The quantitative estimate of drug-likeness (QED) is 0.260. The molecule has 0 radical (unpaired) electrons. The summed E-state index contributed by atoms with van der Waals surface area (Å²) in [5, 5.41) is 1.32. The first-order valence-corrected chi connectivity index (χ1v) is 15.0. The van der Waals surface area contributed by atoms with Crippen LogP contribution in [-0.4, -0.2) is 18.3 Å². The fourth-order valence-corrected chi connectivity index (χ4v) is 7.79. The summed E-state index contributed by atoms with van der Waals surface area (Å²) < 4.78 is 18.0. The average Bonchev–Trinajstić information content (AvgIpc) is 3.34. The highest BCUT2D eigenvalue weighted by molar-refractivity contribution is 7.70.